The molecule has 2 atom stereocenters. The first-order valence-corrected chi connectivity index (χ1v) is 9.67. The van der Waals surface area contributed by atoms with Gasteiger partial charge in [-0.15, -0.1) is 12.4 Å². The van der Waals surface area contributed by atoms with Gasteiger partial charge in [0.15, 0.2) is 11.5 Å². The van der Waals surface area contributed by atoms with Crippen LogP contribution in [0.5, 0.6) is 11.5 Å². The number of methoxy groups -OCH3 is 2. The van der Waals surface area contributed by atoms with Crippen LogP contribution in [0, 0.1) is 5.92 Å². The molecule has 1 heterocycles. The summed E-state index contributed by atoms with van der Waals surface area (Å²) in [7, 11) is 3.02. The van der Waals surface area contributed by atoms with Crippen molar-refractivity contribution in [1.29, 1.82) is 0 Å². The molecule has 2 aromatic carbocycles. The van der Waals surface area contributed by atoms with Gasteiger partial charge in [0.25, 0.3) is 11.8 Å². The van der Waals surface area contributed by atoms with E-state index in [1.165, 1.54) is 14.2 Å². The number of anilines is 1. The summed E-state index contributed by atoms with van der Waals surface area (Å²) in [6.45, 7) is 3.82. The fourth-order valence-corrected chi connectivity index (χ4v) is 3.43. The van der Waals surface area contributed by atoms with E-state index >= 15 is 0 Å². The molecule has 1 saturated heterocycles. The quantitative estimate of drug-likeness (QED) is 0.651. The summed E-state index contributed by atoms with van der Waals surface area (Å²) in [5.74, 6) is 0.613. The van der Waals surface area contributed by atoms with Crippen molar-refractivity contribution in [2.45, 2.75) is 19.4 Å². The summed E-state index contributed by atoms with van der Waals surface area (Å²) < 4.78 is 10.7. The maximum atomic E-state index is 13.1. The molecule has 1 fully saturated rings. The number of nitrogens with one attached hydrogen (secondary N) is 3. The van der Waals surface area contributed by atoms with Gasteiger partial charge in [0.2, 0.25) is 0 Å². The van der Waals surface area contributed by atoms with Gasteiger partial charge in [-0.05, 0) is 43.6 Å². The minimum absolute atomic E-state index is 0. The van der Waals surface area contributed by atoms with Crippen molar-refractivity contribution in [2.24, 2.45) is 5.92 Å². The van der Waals surface area contributed by atoms with Crippen LogP contribution in [0.25, 0.3) is 0 Å². The Morgan fingerprint density at radius 1 is 1.03 bits per heavy atom. The van der Waals surface area contributed by atoms with Gasteiger partial charge >= 0.3 is 0 Å². The molecule has 0 radical (unpaired) electrons. The molecular formula is C22H28ClN3O4. The summed E-state index contributed by atoms with van der Waals surface area (Å²) in [5, 5.41) is 9.26. The van der Waals surface area contributed by atoms with E-state index in [9.17, 15) is 9.59 Å². The topological polar surface area (TPSA) is 88.7 Å². The minimum Gasteiger partial charge on any atom is -0.493 e. The van der Waals surface area contributed by atoms with E-state index in [2.05, 4.69) is 22.9 Å². The maximum absolute atomic E-state index is 13.1. The Balaban J connectivity index is 0.00000320. The second kappa shape index (κ2) is 10.8. The molecular weight excluding hydrogens is 406 g/mol. The predicted molar refractivity (Wildman–Crippen MR) is 119 cm³/mol. The number of ether oxygens (including phenoxy) is 2. The minimum atomic E-state index is -0.304. The van der Waals surface area contributed by atoms with E-state index in [1.54, 1.807) is 36.4 Å². The number of carbonyl (C=O) groups excluding carboxylic acids is 2. The van der Waals surface area contributed by atoms with Crippen LogP contribution in [0.3, 0.4) is 0 Å². The van der Waals surface area contributed by atoms with Crippen molar-refractivity contribution in [3.8, 4) is 11.5 Å². The summed E-state index contributed by atoms with van der Waals surface area (Å²) in [4.78, 5) is 25.7. The maximum Gasteiger partial charge on any atom is 0.255 e. The smallest absolute Gasteiger partial charge is 0.255 e. The molecule has 0 bridgehead atoms. The second-order valence-corrected chi connectivity index (χ2v) is 7.12. The van der Waals surface area contributed by atoms with E-state index in [1.807, 2.05) is 6.07 Å². The number of amides is 2. The van der Waals surface area contributed by atoms with Crippen LogP contribution in [-0.2, 0) is 0 Å². The summed E-state index contributed by atoms with van der Waals surface area (Å²) in [5.41, 5.74) is 1.20. The van der Waals surface area contributed by atoms with Gasteiger partial charge in [-0.2, -0.15) is 0 Å². The molecule has 2 aromatic rings. The standard InChI is InChI=1S/C22H27N3O4.ClH/c1-14-13-23-10-9-17(14)24-22(27)16-11-19(28-2)20(29-3)12-18(16)25-21(26)15-7-5-4-6-8-15;/h4-8,11-12,14,17,23H,9-10,13H2,1-3H3,(H,24,27)(H,25,26);1H. The number of hydrogen-bond donors (Lipinski definition) is 3. The Morgan fingerprint density at radius 3 is 2.33 bits per heavy atom. The van der Waals surface area contributed by atoms with Crippen molar-refractivity contribution >= 4 is 29.9 Å². The zero-order valence-corrected chi connectivity index (χ0v) is 18.2. The normalized spacial score (nSPS) is 18.0. The first-order valence-electron chi connectivity index (χ1n) is 9.67. The lowest BCUT2D eigenvalue weighted by Gasteiger charge is -2.30. The van der Waals surface area contributed by atoms with Crippen molar-refractivity contribution in [1.82, 2.24) is 10.6 Å². The molecule has 162 valence electrons. The highest BCUT2D eigenvalue weighted by Gasteiger charge is 2.25. The van der Waals surface area contributed by atoms with E-state index in [0.29, 0.717) is 34.2 Å². The number of carbonyl (C=O) groups is 2. The van der Waals surface area contributed by atoms with Crippen molar-refractivity contribution < 1.29 is 19.1 Å². The molecule has 0 aliphatic carbocycles. The van der Waals surface area contributed by atoms with Crippen LogP contribution in [0.15, 0.2) is 42.5 Å². The Bertz CT molecular complexity index is 876. The third-order valence-electron chi connectivity index (χ3n) is 5.15. The molecule has 0 spiro atoms. The molecule has 1 aliphatic rings. The van der Waals surface area contributed by atoms with Crippen molar-refractivity contribution in [2.75, 3.05) is 32.6 Å². The van der Waals surface area contributed by atoms with Crippen LogP contribution in [0.2, 0.25) is 0 Å². The molecule has 2 unspecified atom stereocenters. The molecule has 3 N–H and O–H groups in total. The highest BCUT2D eigenvalue weighted by molar-refractivity contribution is 6.09. The third-order valence-corrected chi connectivity index (χ3v) is 5.15. The lowest BCUT2D eigenvalue weighted by atomic mass is 9.95. The molecule has 1 aliphatic heterocycles. The van der Waals surface area contributed by atoms with E-state index in [0.717, 1.165) is 19.5 Å². The molecule has 8 heteroatoms. The van der Waals surface area contributed by atoms with Crippen LogP contribution in [-0.4, -0.2) is 45.2 Å². The predicted octanol–water partition coefficient (Wildman–Crippen LogP) is 3.11. The molecule has 3 rings (SSSR count). The molecule has 30 heavy (non-hydrogen) atoms. The fourth-order valence-electron chi connectivity index (χ4n) is 3.43. The second-order valence-electron chi connectivity index (χ2n) is 7.12. The lowest BCUT2D eigenvalue weighted by Crippen LogP contribution is -2.48. The average Bonchev–Trinajstić information content (AvgIpc) is 2.75. The fraction of sp³-hybridized carbons (Fsp3) is 0.364. The van der Waals surface area contributed by atoms with Gasteiger partial charge in [0.05, 0.1) is 25.5 Å². The summed E-state index contributed by atoms with van der Waals surface area (Å²) in [6.07, 6.45) is 0.853. The lowest BCUT2D eigenvalue weighted by molar-refractivity contribution is 0.0914. The van der Waals surface area contributed by atoms with Gasteiger partial charge in [0, 0.05) is 17.7 Å². The Labute approximate surface area is 182 Å². The summed E-state index contributed by atoms with van der Waals surface area (Å²) in [6, 6.07) is 12.1. The van der Waals surface area contributed by atoms with Crippen molar-refractivity contribution in [3.63, 3.8) is 0 Å². The van der Waals surface area contributed by atoms with E-state index < -0.39 is 0 Å². The molecule has 0 aromatic heterocycles. The number of rotatable bonds is 6. The first kappa shape index (κ1) is 23.5. The van der Waals surface area contributed by atoms with Crippen LogP contribution < -0.4 is 25.4 Å². The molecule has 0 saturated carbocycles. The van der Waals surface area contributed by atoms with E-state index in [4.69, 9.17) is 9.47 Å². The zero-order chi connectivity index (χ0) is 20.8. The van der Waals surface area contributed by atoms with Crippen molar-refractivity contribution in [3.05, 3.63) is 53.6 Å². The SMILES string of the molecule is COc1cc(NC(=O)c2ccccc2)c(C(=O)NC2CCNCC2C)cc1OC.Cl. The van der Waals surface area contributed by atoms with Crippen LogP contribution >= 0.6 is 12.4 Å². The third kappa shape index (κ3) is 5.43. The van der Waals surface area contributed by atoms with Gasteiger partial charge in [-0.1, -0.05) is 25.1 Å². The summed E-state index contributed by atoms with van der Waals surface area (Å²) >= 11 is 0. The Kier molecular flexibility index (Phi) is 8.50. The number of hydrogen-bond acceptors (Lipinski definition) is 5. The Hall–Kier alpha value is -2.77. The van der Waals surface area contributed by atoms with Crippen LogP contribution in [0.1, 0.15) is 34.1 Å². The number of halogens is 1. The largest absolute Gasteiger partial charge is 0.493 e. The average molecular weight is 434 g/mol. The van der Waals surface area contributed by atoms with Gasteiger partial charge in [-0.3, -0.25) is 9.59 Å². The molecule has 7 nitrogen and oxygen atoms in total. The van der Waals surface area contributed by atoms with Gasteiger partial charge in [-0.25, -0.2) is 0 Å². The highest BCUT2D eigenvalue weighted by atomic mass is 35.5. The van der Waals surface area contributed by atoms with Gasteiger partial charge < -0.3 is 25.4 Å². The first-order chi connectivity index (χ1) is 14.0. The number of benzene rings is 2. The van der Waals surface area contributed by atoms with Crippen LogP contribution in [0.4, 0.5) is 5.69 Å². The zero-order valence-electron chi connectivity index (χ0n) is 17.4. The number of piperidine rings is 1. The molecule has 2 amide bonds. The monoisotopic (exact) mass is 433 g/mol. The van der Waals surface area contributed by atoms with Gasteiger partial charge in [0.1, 0.15) is 0 Å². The van der Waals surface area contributed by atoms with E-state index in [-0.39, 0.29) is 30.3 Å². The highest BCUT2D eigenvalue weighted by Crippen LogP contribution is 2.34. The Morgan fingerprint density at radius 2 is 1.70 bits per heavy atom.